The number of nitrogens with zero attached hydrogens (tertiary/aromatic N) is 1. The molecule has 1 aliphatic heterocycles. The third kappa shape index (κ3) is 3.92. The first-order chi connectivity index (χ1) is 9.19. The zero-order valence-electron chi connectivity index (χ0n) is 10.7. The van der Waals surface area contributed by atoms with Crippen LogP contribution in [0.3, 0.4) is 0 Å². The Morgan fingerprint density at radius 2 is 2.16 bits per heavy atom. The smallest absolute Gasteiger partial charge is 0.319 e. The lowest BCUT2D eigenvalue weighted by Gasteiger charge is -2.17. The molecule has 1 unspecified atom stereocenters. The van der Waals surface area contributed by atoms with Gasteiger partial charge in [-0.3, -0.25) is 4.99 Å². The quantitative estimate of drug-likeness (QED) is 0.872. The number of anilines is 1. The molecule has 4 nitrogen and oxygen atoms in total. The van der Waals surface area contributed by atoms with E-state index in [0.717, 1.165) is 28.7 Å². The molecule has 0 aromatic heterocycles. The number of aliphatic imine (C=N–C) groups is 1. The van der Waals surface area contributed by atoms with Crippen molar-refractivity contribution in [3.05, 3.63) is 41.0 Å². The molecule has 1 heterocycles. The average Bonchev–Trinajstić information content (AvgIpc) is 2.92. The molecule has 1 aromatic rings. The lowest BCUT2D eigenvalue weighted by Crippen LogP contribution is -2.42. The molecule has 1 aliphatic rings. The first-order valence-corrected chi connectivity index (χ1v) is 7.03. The predicted octanol–water partition coefficient (Wildman–Crippen LogP) is 3.71. The Morgan fingerprint density at radius 3 is 2.74 bits per heavy atom. The van der Waals surface area contributed by atoms with Crippen molar-refractivity contribution in [2.75, 3.05) is 5.32 Å². The Bertz CT molecular complexity index is 508. The number of rotatable bonds is 4. The zero-order valence-corrected chi connectivity index (χ0v) is 12.3. The number of carbonyl (C=O) groups is 1. The van der Waals surface area contributed by atoms with Gasteiger partial charge >= 0.3 is 6.03 Å². The second kappa shape index (κ2) is 6.52. The normalized spacial score (nSPS) is 14.9. The molecule has 0 spiro atoms. The van der Waals surface area contributed by atoms with Gasteiger partial charge in [0, 0.05) is 28.5 Å². The summed E-state index contributed by atoms with van der Waals surface area (Å²) in [5, 5.41) is 5.75. The van der Waals surface area contributed by atoms with E-state index in [-0.39, 0.29) is 12.1 Å². The number of urea groups is 1. The highest BCUT2D eigenvalue weighted by Gasteiger charge is 2.17. The molecule has 19 heavy (non-hydrogen) atoms. The molecule has 1 aromatic carbocycles. The number of allylic oxidation sites excluding steroid dienone is 1. The second-order valence-electron chi connectivity index (χ2n) is 4.28. The van der Waals surface area contributed by atoms with E-state index in [1.807, 2.05) is 37.3 Å². The molecular weight excluding hydrogens is 306 g/mol. The van der Waals surface area contributed by atoms with E-state index in [4.69, 9.17) is 0 Å². The van der Waals surface area contributed by atoms with Gasteiger partial charge < -0.3 is 10.6 Å². The minimum absolute atomic E-state index is 0.00884. The van der Waals surface area contributed by atoms with E-state index < -0.39 is 0 Å². The number of hydrogen-bond acceptors (Lipinski definition) is 2. The predicted molar refractivity (Wildman–Crippen MR) is 81.6 cm³/mol. The molecule has 2 N–H and O–H groups in total. The molecule has 0 saturated carbocycles. The molecule has 1 atom stereocenters. The topological polar surface area (TPSA) is 53.5 Å². The minimum atomic E-state index is -0.205. The molecule has 2 amide bonds. The number of halogens is 1. The number of benzene rings is 1. The van der Waals surface area contributed by atoms with Crippen molar-refractivity contribution in [1.82, 2.24) is 5.32 Å². The zero-order chi connectivity index (χ0) is 13.7. The fourth-order valence-electron chi connectivity index (χ4n) is 1.89. The van der Waals surface area contributed by atoms with Crippen molar-refractivity contribution in [2.24, 2.45) is 4.99 Å². The summed E-state index contributed by atoms with van der Waals surface area (Å²) in [4.78, 5) is 16.2. The van der Waals surface area contributed by atoms with Crippen LogP contribution in [0.2, 0.25) is 0 Å². The highest BCUT2D eigenvalue weighted by Crippen LogP contribution is 2.14. The van der Waals surface area contributed by atoms with Gasteiger partial charge in [-0.1, -0.05) is 28.9 Å². The van der Waals surface area contributed by atoms with E-state index in [1.165, 1.54) is 0 Å². The molecule has 100 valence electrons. The van der Waals surface area contributed by atoms with Crippen LogP contribution in [0.15, 0.2) is 46.0 Å². The van der Waals surface area contributed by atoms with E-state index in [9.17, 15) is 4.79 Å². The van der Waals surface area contributed by atoms with Crippen LogP contribution >= 0.6 is 15.9 Å². The highest BCUT2D eigenvalue weighted by atomic mass is 79.9. The Labute approximate surface area is 121 Å². The van der Waals surface area contributed by atoms with Gasteiger partial charge in [-0.2, -0.15) is 0 Å². The number of carbonyl (C=O) groups excluding carboxylic acids is 1. The van der Waals surface area contributed by atoms with Crippen molar-refractivity contribution >= 4 is 33.4 Å². The highest BCUT2D eigenvalue weighted by molar-refractivity contribution is 9.10. The summed E-state index contributed by atoms with van der Waals surface area (Å²) in [6.45, 7) is 2.03. The molecule has 2 rings (SSSR count). The third-order valence-electron chi connectivity index (χ3n) is 2.89. The summed E-state index contributed by atoms with van der Waals surface area (Å²) < 4.78 is 0.983. The monoisotopic (exact) mass is 321 g/mol. The van der Waals surface area contributed by atoms with Crippen LogP contribution in [0.1, 0.15) is 19.8 Å². The molecular formula is C14H16BrN3O. The van der Waals surface area contributed by atoms with Gasteiger partial charge in [-0.15, -0.1) is 0 Å². The van der Waals surface area contributed by atoms with Gasteiger partial charge in [0.1, 0.15) is 0 Å². The lowest BCUT2D eigenvalue weighted by atomic mass is 10.1. The lowest BCUT2D eigenvalue weighted by molar-refractivity contribution is 0.250. The molecule has 0 fully saturated rings. The van der Waals surface area contributed by atoms with Crippen LogP contribution in [-0.4, -0.2) is 17.8 Å². The summed E-state index contributed by atoms with van der Waals surface area (Å²) in [5.41, 5.74) is 1.77. The van der Waals surface area contributed by atoms with Gasteiger partial charge in [0.05, 0.1) is 6.04 Å². The van der Waals surface area contributed by atoms with Crippen molar-refractivity contribution in [3.63, 3.8) is 0 Å². The third-order valence-corrected chi connectivity index (χ3v) is 3.42. The maximum Gasteiger partial charge on any atom is 0.319 e. The fraction of sp³-hybridized carbons (Fsp3) is 0.286. The largest absolute Gasteiger partial charge is 0.330 e. The van der Waals surface area contributed by atoms with Crippen molar-refractivity contribution < 1.29 is 4.79 Å². The van der Waals surface area contributed by atoms with Gasteiger partial charge in [-0.25, -0.2) is 4.79 Å². The van der Waals surface area contributed by atoms with Crippen LogP contribution in [0, 0.1) is 0 Å². The number of hydrogen-bond donors (Lipinski definition) is 2. The van der Waals surface area contributed by atoms with Gasteiger partial charge in [0.15, 0.2) is 0 Å². The minimum Gasteiger partial charge on any atom is -0.330 e. The first-order valence-electron chi connectivity index (χ1n) is 6.23. The van der Waals surface area contributed by atoms with E-state index in [1.54, 1.807) is 6.20 Å². The van der Waals surface area contributed by atoms with Gasteiger partial charge in [0.2, 0.25) is 0 Å². The van der Waals surface area contributed by atoms with Crippen LogP contribution in [-0.2, 0) is 0 Å². The summed E-state index contributed by atoms with van der Waals surface area (Å²) in [7, 11) is 0. The molecule has 0 saturated heterocycles. The first kappa shape index (κ1) is 13.8. The summed E-state index contributed by atoms with van der Waals surface area (Å²) in [6, 6.07) is 7.25. The summed E-state index contributed by atoms with van der Waals surface area (Å²) >= 11 is 3.36. The van der Waals surface area contributed by atoms with Crippen molar-refractivity contribution in [2.45, 2.75) is 25.8 Å². The van der Waals surface area contributed by atoms with Crippen LogP contribution in [0.5, 0.6) is 0 Å². The van der Waals surface area contributed by atoms with Crippen molar-refractivity contribution in [1.29, 1.82) is 0 Å². The molecule has 0 aliphatic carbocycles. The number of nitrogens with one attached hydrogen (secondary N) is 2. The SMILES string of the molecule is CCC(NC(=O)Nc1ccc(Br)cc1)C1=NC=CC1. The second-order valence-corrected chi connectivity index (χ2v) is 5.19. The van der Waals surface area contributed by atoms with Gasteiger partial charge in [-0.05, 0) is 30.7 Å². The van der Waals surface area contributed by atoms with Crippen LogP contribution in [0.4, 0.5) is 10.5 Å². The molecule has 0 radical (unpaired) electrons. The van der Waals surface area contributed by atoms with Crippen LogP contribution in [0.25, 0.3) is 0 Å². The Kier molecular flexibility index (Phi) is 4.74. The van der Waals surface area contributed by atoms with E-state index in [2.05, 4.69) is 31.6 Å². The Hall–Kier alpha value is -1.62. The Balaban J connectivity index is 1.91. The van der Waals surface area contributed by atoms with E-state index in [0.29, 0.717) is 0 Å². The Morgan fingerprint density at radius 1 is 1.42 bits per heavy atom. The van der Waals surface area contributed by atoms with Crippen molar-refractivity contribution in [3.8, 4) is 0 Å². The maximum absolute atomic E-state index is 11.9. The number of amides is 2. The molecule has 0 bridgehead atoms. The maximum atomic E-state index is 11.9. The van der Waals surface area contributed by atoms with Gasteiger partial charge in [0.25, 0.3) is 0 Å². The summed E-state index contributed by atoms with van der Waals surface area (Å²) in [6.07, 6.45) is 5.42. The van der Waals surface area contributed by atoms with E-state index >= 15 is 0 Å². The summed E-state index contributed by atoms with van der Waals surface area (Å²) in [5.74, 6) is 0. The molecule has 5 heteroatoms. The standard InChI is InChI=1S/C14H16BrN3O/c1-2-12(13-4-3-9-16-13)18-14(19)17-11-7-5-10(15)6-8-11/h3,5-9,12H,2,4H2,1H3,(H2,17,18,19). The average molecular weight is 322 g/mol. The fourth-order valence-corrected chi connectivity index (χ4v) is 2.15. The van der Waals surface area contributed by atoms with Crippen LogP contribution < -0.4 is 10.6 Å².